The van der Waals surface area contributed by atoms with E-state index < -0.39 is 5.97 Å². The number of hydrogen-bond donors (Lipinski definition) is 2. The summed E-state index contributed by atoms with van der Waals surface area (Å²) in [5, 5.41) is 11.6. The van der Waals surface area contributed by atoms with Gasteiger partial charge in [0.25, 0.3) is 0 Å². The highest BCUT2D eigenvalue weighted by atomic mass is 16.4. The minimum Gasteiger partial charge on any atom is -0.481 e. The van der Waals surface area contributed by atoms with Gasteiger partial charge in [-0.25, -0.2) is 0 Å². The molecule has 0 radical (unpaired) electrons. The number of carbonyl (C=O) groups is 2. The van der Waals surface area contributed by atoms with Crippen molar-refractivity contribution in [2.24, 2.45) is 5.92 Å². The molecule has 0 heterocycles. The number of carbonyl (C=O) groups excluding carboxylic acids is 1. The molecule has 0 aliphatic carbocycles. The fraction of sp³-hybridized carbons (Fsp3) is 0.895. The Morgan fingerprint density at radius 3 is 1.87 bits per heavy atom. The number of rotatable bonds is 16. The van der Waals surface area contributed by atoms with Crippen molar-refractivity contribution >= 4 is 11.9 Å². The topological polar surface area (TPSA) is 66.4 Å². The summed E-state index contributed by atoms with van der Waals surface area (Å²) in [7, 11) is 0. The van der Waals surface area contributed by atoms with Gasteiger partial charge in [0.2, 0.25) is 5.91 Å². The van der Waals surface area contributed by atoms with Crippen LogP contribution in [0.15, 0.2) is 0 Å². The highest BCUT2D eigenvalue weighted by molar-refractivity contribution is 5.76. The summed E-state index contributed by atoms with van der Waals surface area (Å²) in [5.74, 6) is -0.256. The maximum Gasteiger partial charge on any atom is 0.303 e. The van der Waals surface area contributed by atoms with E-state index in [0.29, 0.717) is 18.8 Å². The largest absolute Gasteiger partial charge is 0.481 e. The Balaban J connectivity index is 3.96. The van der Waals surface area contributed by atoms with Crippen LogP contribution in [0.2, 0.25) is 0 Å². The molecular weight excluding hydrogens is 290 g/mol. The summed E-state index contributed by atoms with van der Waals surface area (Å²) < 4.78 is 0. The molecule has 1 amide bonds. The summed E-state index contributed by atoms with van der Waals surface area (Å²) >= 11 is 0. The first-order chi connectivity index (χ1) is 11.1. The third-order valence-electron chi connectivity index (χ3n) is 4.31. The molecule has 0 aromatic rings. The van der Waals surface area contributed by atoms with E-state index in [2.05, 4.69) is 19.2 Å². The van der Waals surface area contributed by atoms with Crippen LogP contribution in [0.1, 0.15) is 97.3 Å². The first-order valence-electron chi connectivity index (χ1n) is 9.58. The molecule has 0 atom stereocenters. The second-order valence-corrected chi connectivity index (χ2v) is 6.62. The Morgan fingerprint density at radius 1 is 0.826 bits per heavy atom. The molecule has 0 rings (SSSR count). The lowest BCUT2D eigenvalue weighted by atomic mass is 9.94. The maximum atomic E-state index is 11.8. The number of nitrogens with one attached hydrogen (secondary N) is 1. The number of amides is 1. The van der Waals surface area contributed by atoms with E-state index in [4.69, 9.17) is 5.11 Å². The Morgan fingerprint density at radius 2 is 1.39 bits per heavy atom. The van der Waals surface area contributed by atoms with E-state index >= 15 is 0 Å². The zero-order chi connectivity index (χ0) is 17.3. The minimum atomic E-state index is -0.831. The van der Waals surface area contributed by atoms with E-state index in [1.165, 1.54) is 64.2 Å². The van der Waals surface area contributed by atoms with Crippen LogP contribution in [0.4, 0.5) is 0 Å². The minimum absolute atomic E-state index is 0.00151. The fourth-order valence-corrected chi connectivity index (χ4v) is 2.81. The highest BCUT2D eigenvalue weighted by Crippen LogP contribution is 2.18. The van der Waals surface area contributed by atoms with Crippen LogP contribution in [0, 0.1) is 5.92 Å². The zero-order valence-electron chi connectivity index (χ0n) is 15.2. The summed E-state index contributed by atoms with van der Waals surface area (Å²) in [6.07, 6.45) is 13.4. The number of aliphatic carboxylic acids is 1. The third kappa shape index (κ3) is 15.6. The SMILES string of the molecule is CCCCCCC(CCCCCC)CNC(=O)CCCC(=O)O. The second-order valence-electron chi connectivity index (χ2n) is 6.62. The number of unbranched alkanes of at least 4 members (excludes halogenated alkanes) is 6. The summed E-state index contributed by atoms with van der Waals surface area (Å²) in [6.45, 7) is 5.20. The second kappa shape index (κ2) is 15.8. The smallest absolute Gasteiger partial charge is 0.303 e. The van der Waals surface area contributed by atoms with Crippen molar-refractivity contribution in [3.63, 3.8) is 0 Å². The van der Waals surface area contributed by atoms with Crippen molar-refractivity contribution in [3.05, 3.63) is 0 Å². The zero-order valence-corrected chi connectivity index (χ0v) is 15.2. The predicted molar refractivity (Wildman–Crippen MR) is 95.5 cm³/mol. The van der Waals surface area contributed by atoms with Crippen LogP contribution in [-0.2, 0) is 9.59 Å². The van der Waals surface area contributed by atoms with Gasteiger partial charge in [-0.2, -0.15) is 0 Å². The molecule has 0 saturated heterocycles. The van der Waals surface area contributed by atoms with Crippen LogP contribution in [0.5, 0.6) is 0 Å². The molecule has 4 heteroatoms. The number of carboxylic acid groups (broad SMARTS) is 1. The van der Waals surface area contributed by atoms with Crippen LogP contribution < -0.4 is 5.32 Å². The first kappa shape index (κ1) is 21.9. The Labute approximate surface area is 142 Å². The molecular formula is C19H37NO3. The Kier molecular flexibility index (Phi) is 15.1. The fourth-order valence-electron chi connectivity index (χ4n) is 2.81. The quantitative estimate of drug-likeness (QED) is 0.396. The van der Waals surface area contributed by atoms with Gasteiger partial charge >= 0.3 is 5.97 Å². The predicted octanol–water partition coefficient (Wildman–Crippen LogP) is 4.91. The van der Waals surface area contributed by atoms with E-state index in [1.54, 1.807) is 0 Å². The van der Waals surface area contributed by atoms with Crippen molar-refractivity contribution in [2.45, 2.75) is 97.3 Å². The number of hydrogen-bond acceptors (Lipinski definition) is 2. The van der Waals surface area contributed by atoms with E-state index in [-0.39, 0.29) is 12.3 Å². The number of carboxylic acids is 1. The van der Waals surface area contributed by atoms with Gasteiger partial charge in [0.1, 0.15) is 0 Å². The van der Waals surface area contributed by atoms with E-state index in [0.717, 1.165) is 6.54 Å². The van der Waals surface area contributed by atoms with Gasteiger partial charge < -0.3 is 10.4 Å². The lowest BCUT2D eigenvalue weighted by Crippen LogP contribution is -2.29. The molecule has 2 N–H and O–H groups in total. The Bertz CT molecular complexity index is 293. The van der Waals surface area contributed by atoms with Gasteiger partial charge in [0.15, 0.2) is 0 Å². The van der Waals surface area contributed by atoms with Gasteiger partial charge in [-0.3, -0.25) is 9.59 Å². The molecule has 0 aromatic carbocycles. The summed E-state index contributed by atoms with van der Waals surface area (Å²) in [5.41, 5.74) is 0. The lowest BCUT2D eigenvalue weighted by molar-refractivity contribution is -0.137. The van der Waals surface area contributed by atoms with Crippen molar-refractivity contribution in [2.75, 3.05) is 6.54 Å². The van der Waals surface area contributed by atoms with Crippen LogP contribution in [0.3, 0.4) is 0 Å². The monoisotopic (exact) mass is 327 g/mol. The van der Waals surface area contributed by atoms with Crippen LogP contribution in [-0.4, -0.2) is 23.5 Å². The van der Waals surface area contributed by atoms with E-state index in [9.17, 15) is 9.59 Å². The maximum absolute atomic E-state index is 11.8. The first-order valence-corrected chi connectivity index (χ1v) is 9.58. The molecule has 0 saturated carbocycles. The van der Waals surface area contributed by atoms with Gasteiger partial charge in [-0.05, 0) is 25.2 Å². The van der Waals surface area contributed by atoms with Gasteiger partial charge in [-0.15, -0.1) is 0 Å². The molecule has 0 fully saturated rings. The van der Waals surface area contributed by atoms with Gasteiger partial charge in [0.05, 0.1) is 0 Å². The van der Waals surface area contributed by atoms with Crippen molar-refractivity contribution in [1.29, 1.82) is 0 Å². The molecule has 0 aliphatic heterocycles. The molecule has 4 nitrogen and oxygen atoms in total. The normalized spacial score (nSPS) is 10.9. The molecule has 0 aliphatic rings. The highest BCUT2D eigenvalue weighted by Gasteiger charge is 2.11. The average Bonchev–Trinajstić information content (AvgIpc) is 2.52. The standard InChI is InChI=1S/C19H37NO3/c1-3-5-7-9-12-17(13-10-8-6-4-2)16-20-18(21)14-11-15-19(22)23/h17H,3-16H2,1-2H3,(H,20,21)(H,22,23). The molecule has 0 unspecified atom stereocenters. The lowest BCUT2D eigenvalue weighted by Gasteiger charge is -2.17. The van der Waals surface area contributed by atoms with Crippen molar-refractivity contribution in [3.8, 4) is 0 Å². The average molecular weight is 328 g/mol. The van der Waals surface area contributed by atoms with E-state index in [1.807, 2.05) is 0 Å². The summed E-state index contributed by atoms with van der Waals surface area (Å²) in [6, 6.07) is 0. The van der Waals surface area contributed by atoms with Crippen LogP contribution >= 0.6 is 0 Å². The third-order valence-corrected chi connectivity index (χ3v) is 4.31. The van der Waals surface area contributed by atoms with Crippen molar-refractivity contribution < 1.29 is 14.7 Å². The molecule has 0 aromatic heterocycles. The van der Waals surface area contributed by atoms with Crippen LogP contribution in [0.25, 0.3) is 0 Å². The molecule has 0 spiro atoms. The molecule has 0 bridgehead atoms. The molecule has 136 valence electrons. The molecule has 23 heavy (non-hydrogen) atoms. The Hall–Kier alpha value is -1.06. The van der Waals surface area contributed by atoms with Crippen molar-refractivity contribution in [1.82, 2.24) is 5.32 Å². The summed E-state index contributed by atoms with van der Waals surface area (Å²) in [4.78, 5) is 22.2. The van der Waals surface area contributed by atoms with Gasteiger partial charge in [0, 0.05) is 19.4 Å². The van der Waals surface area contributed by atoms with Gasteiger partial charge in [-0.1, -0.05) is 65.2 Å².